The first-order valence-electron chi connectivity index (χ1n) is 11.3. The fourth-order valence-corrected chi connectivity index (χ4v) is 3.87. The van der Waals surface area contributed by atoms with E-state index in [2.05, 4.69) is 10.3 Å². The van der Waals surface area contributed by atoms with Crippen molar-refractivity contribution in [2.45, 2.75) is 72.3 Å². The quantitative estimate of drug-likeness (QED) is 0.614. The predicted octanol–water partition coefficient (Wildman–Crippen LogP) is 4.78. The van der Waals surface area contributed by atoms with Crippen molar-refractivity contribution in [1.82, 2.24) is 15.2 Å². The van der Waals surface area contributed by atoms with Gasteiger partial charge in [-0.2, -0.15) is 0 Å². The second-order valence-electron chi connectivity index (χ2n) is 9.94. The summed E-state index contributed by atoms with van der Waals surface area (Å²) in [6, 6.07) is -0.841. The minimum Gasteiger partial charge on any atom is -0.363 e. The summed E-state index contributed by atoms with van der Waals surface area (Å²) in [5, 5.41) is 2.87. The van der Waals surface area contributed by atoms with Crippen molar-refractivity contribution in [3.8, 4) is 0 Å². The van der Waals surface area contributed by atoms with Gasteiger partial charge < -0.3 is 15.2 Å². The number of hydrogen-bond donors (Lipinski definition) is 2. The van der Waals surface area contributed by atoms with Gasteiger partial charge in [-0.15, -0.1) is 0 Å². The molecule has 1 aromatic rings. The number of aromatic amines is 1. The van der Waals surface area contributed by atoms with Gasteiger partial charge in [0.05, 0.1) is 11.3 Å². The van der Waals surface area contributed by atoms with Crippen molar-refractivity contribution < 1.29 is 18.4 Å². The summed E-state index contributed by atoms with van der Waals surface area (Å²) in [7, 11) is 0. The number of H-pyrrole nitrogens is 1. The van der Waals surface area contributed by atoms with Gasteiger partial charge in [0.25, 0.3) is 11.8 Å². The molecule has 1 saturated heterocycles. The zero-order chi connectivity index (χ0) is 23.7. The van der Waals surface area contributed by atoms with E-state index in [1.807, 2.05) is 46.8 Å². The summed E-state index contributed by atoms with van der Waals surface area (Å²) < 4.78 is 27.1. The summed E-state index contributed by atoms with van der Waals surface area (Å²) in [5.41, 5.74) is 2.07. The molecule has 1 saturated carbocycles. The van der Waals surface area contributed by atoms with E-state index in [0.717, 1.165) is 24.2 Å². The van der Waals surface area contributed by atoms with Crippen molar-refractivity contribution in [1.29, 1.82) is 0 Å². The molecule has 176 valence electrons. The van der Waals surface area contributed by atoms with Gasteiger partial charge in [-0.25, -0.2) is 8.78 Å². The van der Waals surface area contributed by atoms with Crippen LogP contribution < -0.4 is 5.32 Å². The van der Waals surface area contributed by atoms with Gasteiger partial charge >= 0.3 is 0 Å². The molecule has 2 N–H and O–H groups in total. The van der Waals surface area contributed by atoms with Gasteiger partial charge in [0.2, 0.25) is 5.91 Å². The molecule has 0 spiro atoms. The number of hydrogen-bond acceptors (Lipinski definition) is 3. The second kappa shape index (κ2) is 9.16. The minimum atomic E-state index is -2.74. The molecule has 2 heterocycles. The summed E-state index contributed by atoms with van der Waals surface area (Å²) >= 11 is 0. The molecule has 2 aliphatic rings. The number of nitrogens with one attached hydrogen (secondary N) is 2. The molecule has 0 unspecified atom stereocenters. The molecular weight excluding hydrogens is 414 g/mol. The summed E-state index contributed by atoms with van der Waals surface area (Å²) in [6.45, 7) is 9.33. The van der Waals surface area contributed by atoms with Crippen LogP contribution in [0.25, 0.3) is 0 Å². The Labute approximate surface area is 188 Å². The van der Waals surface area contributed by atoms with Crippen LogP contribution in [0.3, 0.4) is 0 Å². The number of amides is 2. The lowest BCUT2D eigenvalue weighted by atomic mass is 9.85. The van der Waals surface area contributed by atoms with Crippen molar-refractivity contribution in [3.63, 3.8) is 0 Å². The number of alkyl halides is 2. The van der Waals surface area contributed by atoms with Crippen LogP contribution in [0.15, 0.2) is 23.3 Å². The van der Waals surface area contributed by atoms with E-state index in [1.165, 1.54) is 4.90 Å². The third-order valence-corrected chi connectivity index (χ3v) is 6.06. The number of likely N-dealkylation sites (tertiary alicyclic amines) is 1. The monoisotopic (exact) mass is 448 g/mol. The number of rotatable bonds is 6. The molecule has 32 heavy (non-hydrogen) atoms. The molecule has 0 aromatic carbocycles. The fourth-order valence-electron chi connectivity index (χ4n) is 3.87. The Balaban J connectivity index is 1.82. The number of halogens is 2. The summed E-state index contributed by atoms with van der Waals surface area (Å²) in [6.07, 6.45) is 6.99. The van der Waals surface area contributed by atoms with Crippen LogP contribution in [0, 0.1) is 18.3 Å². The van der Waals surface area contributed by atoms with E-state index in [9.17, 15) is 18.4 Å². The van der Waals surface area contributed by atoms with Gasteiger partial charge in [0.1, 0.15) is 6.04 Å². The van der Waals surface area contributed by atoms with Crippen LogP contribution in [-0.4, -0.2) is 52.5 Å². The van der Waals surface area contributed by atoms with E-state index in [0.29, 0.717) is 17.2 Å². The van der Waals surface area contributed by atoms with E-state index in [-0.39, 0.29) is 31.8 Å². The van der Waals surface area contributed by atoms with Crippen molar-refractivity contribution in [3.05, 3.63) is 29.6 Å². The van der Waals surface area contributed by atoms with Crippen LogP contribution in [0.2, 0.25) is 0 Å². The van der Waals surface area contributed by atoms with Gasteiger partial charge in [-0.3, -0.25) is 14.6 Å². The number of allylic oxidation sites excluding steroid dienone is 2. The molecule has 0 bridgehead atoms. The molecule has 2 fully saturated rings. The van der Waals surface area contributed by atoms with E-state index < -0.39 is 23.3 Å². The molecule has 1 atom stereocenters. The molecule has 1 aliphatic heterocycles. The van der Waals surface area contributed by atoms with Gasteiger partial charge in [-0.1, -0.05) is 26.8 Å². The van der Waals surface area contributed by atoms with Gasteiger partial charge in [-0.05, 0) is 38.2 Å². The van der Waals surface area contributed by atoms with Crippen LogP contribution in [0.5, 0.6) is 0 Å². The lowest BCUT2D eigenvalue weighted by molar-refractivity contribution is -0.141. The third-order valence-electron chi connectivity index (χ3n) is 6.06. The first-order chi connectivity index (χ1) is 14.9. The minimum absolute atomic E-state index is 0.0127. The first-order valence-corrected chi connectivity index (χ1v) is 11.3. The van der Waals surface area contributed by atoms with E-state index in [1.54, 1.807) is 6.20 Å². The summed E-state index contributed by atoms with van der Waals surface area (Å²) in [4.78, 5) is 35.7. The Morgan fingerprint density at radius 2 is 1.91 bits per heavy atom. The molecule has 8 heteroatoms. The molecule has 2 amide bonds. The second-order valence-corrected chi connectivity index (χ2v) is 9.94. The normalized spacial score (nSPS) is 20.5. The highest BCUT2D eigenvalue weighted by atomic mass is 19.3. The largest absolute Gasteiger partial charge is 0.363 e. The maximum absolute atomic E-state index is 13.5. The standard InChI is InChI=1S/C24H34F2N4O2/c1-6-7-18(16-8-9-16)28-19-15(2)27-14-17(19)21(31)29-20(23(3,4)5)22(32)30-12-10-24(25,26)11-13-30/h6-7,14,16,20,27H,8-13H2,1-5H3,(H,29,31)/t20-/m0/s1. The van der Waals surface area contributed by atoms with Gasteiger partial charge in [0, 0.05) is 49.5 Å². The molecule has 1 aromatic heterocycles. The average Bonchev–Trinajstić information content (AvgIpc) is 3.48. The Kier molecular flexibility index (Phi) is 6.91. The number of piperidine rings is 1. The van der Waals surface area contributed by atoms with E-state index >= 15 is 0 Å². The Morgan fingerprint density at radius 1 is 1.28 bits per heavy atom. The zero-order valence-electron chi connectivity index (χ0n) is 19.6. The van der Waals surface area contributed by atoms with Crippen LogP contribution in [-0.2, 0) is 4.79 Å². The molecule has 1 aliphatic carbocycles. The lowest BCUT2D eigenvalue weighted by Crippen LogP contribution is -2.56. The van der Waals surface area contributed by atoms with Crippen LogP contribution >= 0.6 is 0 Å². The number of nitrogens with zero attached hydrogens (tertiary/aromatic N) is 2. The average molecular weight is 449 g/mol. The third kappa shape index (κ3) is 5.64. The van der Waals surface area contributed by atoms with Crippen molar-refractivity contribution in [2.24, 2.45) is 16.3 Å². The molecule has 6 nitrogen and oxygen atoms in total. The number of aryl methyl sites for hydroxylation is 1. The smallest absolute Gasteiger partial charge is 0.255 e. The zero-order valence-corrected chi connectivity index (χ0v) is 19.6. The van der Waals surface area contributed by atoms with Gasteiger partial charge in [0.15, 0.2) is 0 Å². The van der Waals surface area contributed by atoms with Crippen molar-refractivity contribution in [2.75, 3.05) is 13.1 Å². The van der Waals surface area contributed by atoms with Crippen molar-refractivity contribution >= 4 is 23.2 Å². The fraction of sp³-hybridized carbons (Fsp3) is 0.625. The van der Waals surface area contributed by atoms with Crippen LogP contribution in [0.1, 0.15) is 69.4 Å². The maximum atomic E-state index is 13.5. The topological polar surface area (TPSA) is 77.6 Å². The van der Waals surface area contributed by atoms with E-state index in [4.69, 9.17) is 4.99 Å². The lowest BCUT2D eigenvalue weighted by Gasteiger charge is -2.38. The molecule has 3 rings (SSSR count). The molecular formula is C24H34F2N4O2. The number of carbonyl (C=O) groups is 2. The number of carbonyl (C=O) groups excluding carboxylic acids is 2. The highest BCUT2D eigenvalue weighted by molar-refractivity contribution is 6.05. The molecule has 0 radical (unpaired) electrons. The Hall–Kier alpha value is -2.51. The Morgan fingerprint density at radius 3 is 2.44 bits per heavy atom. The predicted molar refractivity (Wildman–Crippen MR) is 122 cm³/mol. The number of aliphatic imine (C=N–C) groups is 1. The summed E-state index contributed by atoms with van der Waals surface area (Å²) in [5.74, 6) is -3.05. The number of aromatic nitrogens is 1. The van der Waals surface area contributed by atoms with Crippen LogP contribution in [0.4, 0.5) is 14.5 Å². The Bertz CT molecular complexity index is 913. The highest BCUT2D eigenvalue weighted by Crippen LogP contribution is 2.35. The SMILES string of the molecule is CC=CC(=Nc1c(C(=O)N[C@@H](C(=O)N2CCC(F)(F)CC2)C(C)(C)C)c[nH]c1C)C1CC1. The first kappa shape index (κ1) is 24.1. The maximum Gasteiger partial charge on any atom is 0.255 e. The highest BCUT2D eigenvalue weighted by Gasteiger charge is 2.41.